The van der Waals surface area contributed by atoms with E-state index in [1.54, 1.807) is 18.2 Å². The highest BCUT2D eigenvalue weighted by Crippen LogP contribution is 2.25. The quantitative estimate of drug-likeness (QED) is 0.524. The molecule has 0 aliphatic carbocycles. The topological polar surface area (TPSA) is 113 Å². The van der Waals surface area contributed by atoms with Crippen LogP contribution in [-0.4, -0.2) is 32.4 Å². The molecule has 120 valence electrons. The van der Waals surface area contributed by atoms with Crippen molar-refractivity contribution in [2.45, 2.75) is 0 Å². The number of benzene rings is 1. The first-order valence-electron chi connectivity index (χ1n) is 7.02. The van der Waals surface area contributed by atoms with Crippen molar-refractivity contribution in [1.82, 2.24) is 19.9 Å². The Bertz CT molecular complexity index is 1100. The maximum absolute atomic E-state index is 12.0. The predicted molar refractivity (Wildman–Crippen MR) is 90.5 cm³/mol. The summed E-state index contributed by atoms with van der Waals surface area (Å²) in [5, 5.41) is 5.38. The average molecular weight is 341 g/mol. The Hall–Kier alpha value is -3.20. The van der Waals surface area contributed by atoms with Gasteiger partial charge in [-0.25, -0.2) is 14.8 Å². The van der Waals surface area contributed by atoms with Crippen molar-refractivity contribution in [2.24, 2.45) is 0 Å². The van der Waals surface area contributed by atoms with E-state index in [-0.39, 0.29) is 18.2 Å². The van der Waals surface area contributed by atoms with E-state index in [9.17, 15) is 9.59 Å². The van der Waals surface area contributed by atoms with Crippen LogP contribution < -0.4 is 15.7 Å². The number of carbonyl (C=O) groups is 1. The van der Waals surface area contributed by atoms with E-state index >= 15 is 0 Å². The molecular formula is C15H11N5O3S. The molecule has 0 radical (unpaired) electrons. The number of aromatic amines is 2. The molecule has 3 N–H and O–H groups in total. The number of hydrogen-bond acceptors (Lipinski definition) is 6. The lowest BCUT2D eigenvalue weighted by atomic mass is 10.3. The standard InChI is InChI=1S/C15H11N5O3S/c21-12(6-23-13-9-3-4-24-14(9)17-7-16-13)18-8-1-2-10-11(5-8)20-15(22)19-10/h1-5,7H,6H2,(H,18,21)(H2,19,20,22). The number of imidazole rings is 1. The first-order valence-corrected chi connectivity index (χ1v) is 7.90. The summed E-state index contributed by atoms with van der Waals surface area (Å²) in [4.78, 5) is 37.5. The van der Waals surface area contributed by atoms with Gasteiger partial charge in [-0.1, -0.05) is 0 Å². The molecule has 8 nitrogen and oxygen atoms in total. The minimum absolute atomic E-state index is 0.177. The molecule has 24 heavy (non-hydrogen) atoms. The van der Waals surface area contributed by atoms with Gasteiger partial charge in [-0.3, -0.25) is 4.79 Å². The van der Waals surface area contributed by atoms with Crippen molar-refractivity contribution in [1.29, 1.82) is 0 Å². The third kappa shape index (κ3) is 2.72. The summed E-state index contributed by atoms with van der Waals surface area (Å²) >= 11 is 1.48. The van der Waals surface area contributed by atoms with Crippen molar-refractivity contribution in [2.75, 3.05) is 11.9 Å². The Kier molecular flexibility index (Phi) is 3.47. The number of rotatable bonds is 4. The highest BCUT2D eigenvalue weighted by atomic mass is 32.1. The SMILES string of the molecule is O=C(COc1ncnc2sccc12)Nc1ccc2[nH]c(=O)[nH]c2c1. The summed E-state index contributed by atoms with van der Waals surface area (Å²) in [6.45, 7) is -0.177. The van der Waals surface area contributed by atoms with Gasteiger partial charge in [0.1, 0.15) is 11.2 Å². The van der Waals surface area contributed by atoms with Crippen molar-refractivity contribution in [3.63, 3.8) is 0 Å². The summed E-state index contributed by atoms with van der Waals surface area (Å²) in [6.07, 6.45) is 1.41. The largest absolute Gasteiger partial charge is 0.467 e. The maximum Gasteiger partial charge on any atom is 0.323 e. The average Bonchev–Trinajstić information content (AvgIpc) is 3.17. The van der Waals surface area contributed by atoms with Gasteiger partial charge in [-0.15, -0.1) is 11.3 Å². The molecular weight excluding hydrogens is 330 g/mol. The van der Waals surface area contributed by atoms with Gasteiger partial charge in [0, 0.05) is 5.69 Å². The van der Waals surface area contributed by atoms with E-state index in [1.165, 1.54) is 17.7 Å². The van der Waals surface area contributed by atoms with Crippen molar-refractivity contribution < 1.29 is 9.53 Å². The lowest BCUT2D eigenvalue weighted by molar-refractivity contribution is -0.118. The molecule has 0 saturated heterocycles. The number of hydrogen-bond donors (Lipinski definition) is 3. The maximum atomic E-state index is 12.0. The number of aromatic nitrogens is 4. The predicted octanol–water partition coefficient (Wildman–Crippen LogP) is 1.88. The number of nitrogens with one attached hydrogen (secondary N) is 3. The third-order valence-electron chi connectivity index (χ3n) is 3.36. The van der Waals surface area contributed by atoms with E-state index in [4.69, 9.17) is 4.74 Å². The van der Waals surface area contributed by atoms with Crippen LogP contribution in [0.15, 0.2) is 40.8 Å². The van der Waals surface area contributed by atoms with Crippen molar-refractivity contribution in [3.8, 4) is 5.88 Å². The van der Waals surface area contributed by atoms with Crippen LogP contribution in [0.5, 0.6) is 5.88 Å². The number of thiophene rings is 1. The van der Waals surface area contributed by atoms with E-state index in [0.29, 0.717) is 22.6 Å². The lowest BCUT2D eigenvalue weighted by Crippen LogP contribution is -2.20. The molecule has 0 bridgehead atoms. The van der Waals surface area contributed by atoms with E-state index < -0.39 is 0 Å². The summed E-state index contributed by atoms with van der Waals surface area (Å²) < 4.78 is 5.48. The summed E-state index contributed by atoms with van der Waals surface area (Å²) in [5.41, 5.74) is 1.57. The van der Waals surface area contributed by atoms with Gasteiger partial charge in [0.15, 0.2) is 6.61 Å². The molecule has 0 fully saturated rings. The number of anilines is 1. The Morgan fingerprint density at radius 3 is 3.00 bits per heavy atom. The third-order valence-corrected chi connectivity index (χ3v) is 4.19. The zero-order chi connectivity index (χ0) is 16.5. The number of amides is 1. The first kappa shape index (κ1) is 14.4. The van der Waals surface area contributed by atoms with Gasteiger partial charge in [0.05, 0.1) is 16.4 Å². The first-order chi connectivity index (χ1) is 11.7. The Labute approximate surface area is 138 Å². The molecule has 0 spiro atoms. The van der Waals surface area contributed by atoms with Crippen LogP contribution >= 0.6 is 11.3 Å². The molecule has 3 aromatic heterocycles. The Morgan fingerprint density at radius 2 is 2.08 bits per heavy atom. The molecule has 1 amide bonds. The van der Waals surface area contributed by atoms with Gasteiger partial charge >= 0.3 is 5.69 Å². The minimum Gasteiger partial charge on any atom is -0.467 e. The normalized spacial score (nSPS) is 11.0. The summed E-state index contributed by atoms with van der Waals surface area (Å²) in [5.74, 6) is 0.0519. The Morgan fingerprint density at radius 1 is 1.21 bits per heavy atom. The highest BCUT2D eigenvalue weighted by Gasteiger charge is 2.09. The fraction of sp³-hybridized carbons (Fsp3) is 0.0667. The van der Waals surface area contributed by atoms with Crippen LogP contribution in [0.1, 0.15) is 0 Å². The number of fused-ring (bicyclic) bond motifs is 2. The molecule has 9 heteroatoms. The van der Waals surface area contributed by atoms with Crippen LogP contribution in [-0.2, 0) is 4.79 Å². The smallest absolute Gasteiger partial charge is 0.323 e. The van der Waals surface area contributed by atoms with E-state index in [0.717, 1.165) is 10.2 Å². The molecule has 3 heterocycles. The second kappa shape index (κ2) is 5.78. The molecule has 0 atom stereocenters. The van der Waals surface area contributed by atoms with Crippen LogP contribution in [0.2, 0.25) is 0 Å². The number of H-pyrrole nitrogens is 2. The van der Waals surface area contributed by atoms with Crippen molar-refractivity contribution in [3.05, 3.63) is 46.5 Å². The van der Waals surface area contributed by atoms with Gasteiger partial charge in [-0.2, -0.15) is 0 Å². The second-order valence-electron chi connectivity index (χ2n) is 4.99. The van der Waals surface area contributed by atoms with Gasteiger partial charge in [0.2, 0.25) is 5.88 Å². The number of ether oxygens (including phenoxy) is 1. The molecule has 4 rings (SSSR count). The van der Waals surface area contributed by atoms with Gasteiger partial charge in [0.25, 0.3) is 5.91 Å². The van der Waals surface area contributed by atoms with E-state index in [2.05, 4.69) is 25.3 Å². The molecule has 0 unspecified atom stereocenters. The van der Waals surface area contributed by atoms with Crippen LogP contribution in [0.3, 0.4) is 0 Å². The van der Waals surface area contributed by atoms with Crippen molar-refractivity contribution >= 4 is 44.2 Å². The van der Waals surface area contributed by atoms with E-state index in [1.807, 2.05) is 11.4 Å². The van der Waals surface area contributed by atoms with Crippen LogP contribution in [0.4, 0.5) is 5.69 Å². The minimum atomic E-state index is -0.325. The van der Waals surface area contributed by atoms with Gasteiger partial charge < -0.3 is 20.0 Å². The second-order valence-corrected chi connectivity index (χ2v) is 5.89. The number of carbonyl (C=O) groups excluding carboxylic acids is 1. The molecule has 4 aromatic rings. The number of nitrogens with zero attached hydrogens (tertiary/aromatic N) is 2. The summed E-state index contributed by atoms with van der Waals surface area (Å²) in [7, 11) is 0. The zero-order valence-corrected chi connectivity index (χ0v) is 13.0. The van der Waals surface area contributed by atoms with Gasteiger partial charge in [-0.05, 0) is 29.6 Å². The van der Waals surface area contributed by atoms with Crippen LogP contribution in [0, 0.1) is 0 Å². The monoisotopic (exact) mass is 341 g/mol. The molecule has 0 saturated carbocycles. The van der Waals surface area contributed by atoms with Crippen LogP contribution in [0.25, 0.3) is 21.3 Å². The zero-order valence-electron chi connectivity index (χ0n) is 12.2. The fourth-order valence-electron chi connectivity index (χ4n) is 2.32. The molecule has 1 aromatic carbocycles. The lowest BCUT2D eigenvalue weighted by Gasteiger charge is -2.07. The highest BCUT2D eigenvalue weighted by molar-refractivity contribution is 7.16. The molecule has 0 aliphatic rings. The summed E-state index contributed by atoms with van der Waals surface area (Å²) in [6, 6.07) is 6.94. The molecule has 0 aliphatic heterocycles. The Balaban J connectivity index is 1.46. The fourth-order valence-corrected chi connectivity index (χ4v) is 3.05.